The number of hydrogen-bond donors (Lipinski definition) is 0. The molecule has 0 fully saturated rings. The molecule has 0 amide bonds. The fourth-order valence-corrected chi connectivity index (χ4v) is 11.1. The minimum atomic E-state index is -2.46. The standard InChI is InChI=1S/C57H38N4O2.Pt/c1-36-29-56(58-34-45(36)37-15-4-3-5-16-37)61-52-31-40(62-39-18-14-17-38(30-39)60-35-59(2)50-23-10-11-24-51(50)60)27-28-42(52)44-32-43-41-19-6-7-20-46(41)57(49(43)33-53(44)61)47-21-8-12-25-54(47)63-55-26-13-9-22-48(55)57;/h3-34H,1-2H3;/i1D3,2D3;. The molecule has 4 heterocycles. The Morgan fingerprint density at radius 3 is 2.05 bits per heavy atom. The van der Waals surface area contributed by atoms with Gasteiger partial charge in [0.25, 0.3) is 0 Å². The predicted molar refractivity (Wildman–Crippen MR) is 252 cm³/mol. The first-order valence-corrected chi connectivity index (χ1v) is 22.2. The summed E-state index contributed by atoms with van der Waals surface area (Å²) in [5, 5.41) is 1.89. The molecule has 64 heavy (non-hydrogen) atoms. The number of pyridine rings is 1. The third-order valence-electron chi connectivity index (χ3n) is 12.9. The molecule has 308 valence electrons. The van der Waals surface area contributed by atoms with Crippen LogP contribution in [0.3, 0.4) is 0 Å². The zero-order chi connectivity index (χ0) is 47.7. The summed E-state index contributed by atoms with van der Waals surface area (Å²) in [6, 6.07) is 61.9. The van der Waals surface area contributed by atoms with Crippen molar-refractivity contribution >= 4 is 32.8 Å². The van der Waals surface area contributed by atoms with Crippen LogP contribution in [0, 0.1) is 10.7 Å². The molecule has 7 heteroatoms. The minimum Gasteiger partial charge on any atom is -0.457 e. The van der Waals surface area contributed by atoms with Gasteiger partial charge in [0.05, 0.1) is 5.41 Å². The summed E-state index contributed by atoms with van der Waals surface area (Å²) < 4.78 is 70.7. The predicted octanol–water partition coefficient (Wildman–Crippen LogP) is 13.8. The fourth-order valence-electron chi connectivity index (χ4n) is 10.3. The Balaban J connectivity index is 1.05. The normalized spacial score (nSPS) is 15.0. The van der Waals surface area contributed by atoms with Crippen molar-refractivity contribution in [2.45, 2.75) is 12.3 Å². The van der Waals surface area contributed by atoms with Gasteiger partial charge in [0.15, 0.2) is 0 Å². The van der Waals surface area contributed by atoms with Gasteiger partial charge in [-0.15, -0.1) is 0 Å². The van der Waals surface area contributed by atoms with Crippen LogP contribution < -0.4 is 9.47 Å². The molecule has 0 saturated heterocycles. The number of nitrogens with zero attached hydrogens (tertiary/aromatic N) is 4. The van der Waals surface area contributed by atoms with Crippen LogP contribution >= 0.6 is 0 Å². The molecule has 2 aliphatic rings. The molecule has 0 radical (unpaired) electrons. The van der Waals surface area contributed by atoms with Crippen LogP contribution in [0.4, 0.5) is 0 Å². The topological polar surface area (TPSA) is 46.1 Å². The van der Waals surface area contributed by atoms with E-state index in [4.69, 9.17) is 22.7 Å². The summed E-state index contributed by atoms with van der Waals surface area (Å²) in [4.78, 5) is 5.10. The van der Waals surface area contributed by atoms with Crippen molar-refractivity contribution in [2.24, 2.45) is 6.98 Å². The second kappa shape index (κ2) is 14.0. The molecule has 0 unspecified atom stereocenters. The smallest absolute Gasteiger partial charge is 0.457 e. The number of para-hydroxylation sites is 4. The number of fused-ring (bicyclic) bond motifs is 13. The summed E-state index contributed by atoms with van der Waals surface area (Å²) in [5.41, 5.74) is 10.9. The van der Waals surface area contributed by atoms with Crippen LogP contribution in [0.15, 0.2) is 194 Å². The van der Waals surface area contributed by atoms with E-state index in [1.807, 2.05) is 120 Å². The van der Waals surface area contributed by atoms with E-state index in [-0.39, 0.29) is 5.56 Å². The first-order chi connectivity index (χ1) is 33.9. The Morgan fingerprint density at radius 1 is 0.547 bits per heavy atom. The van der Waals surface area contributed by atoms with Crippen LogP contribution in [-0.4, -0.2) is 18.7 Å². The van der Waals surface area contributed by atoms with Crippen molar-refractivity contribution in [3.8, 4) is 56.8 Å². The molecule has 0 atom stereocenters. The third kappa shape index (κ3) is 5.24. The van der Waals surface area contributed by atoms with E-state index in [1.165, 1.54) is 4.57 Å². The Bertz CT molecular complexity index is 3990. The number of aromatic nitrogens is 4. The van der Waals surface area contributed by atoms with Crippen molar-refractivity contribution in [1.29, 1.82) is 0 Å². The van der Waals surface area contributed by atoms with Crippen molar-refractivity contribution in [3.63, 3.8) is 0 Å². The second-order valence-corrected chi connectivity index (χ2v) is 17.3. The maximum atomic E-state index is 8.81. The van der Waals surface area contributed by atoms with Crippen molar-refractivity contribution in [3.05, 3.63) is 226 Å². The van der Waals surface area contributed by atoms with Gasteiger partial charge in [0, 0.05) is 27.0 Å². The number of benzene rings is 8. The first kappa shape index (κ1) is 31.3. The Hall–Kier alpha value is -7.53. The maximum absolute atomic E-state index is 8.81. The van der Waals surface area contributed by atoms with E-state index in [9.17, 15) is 0 Å². The van der Waals surface area contributed by atoms with E-state index in [1.54, 1.807) is 12.3 Å². The van der Waals surface area contributed by atoms with Crippen molar-refractivity contribution in [2.75, 3.05) is 0 Å². The van der Waals surface area contributed by atoms with Crippen LogP contribution in [0.1, 0.15) is 36.0 Å². The van der Waals surface area contributed by atoms with E-state index in [0.29, 0.717) is 32.2 Å². The Morgan fingerprint density at radius 2 is 1.25 bits per heavy atom. The van der Waals surface area contributed by atoms with Gasteiger partial charge in [0.1, 0.15) is 11.5 Å². The summed E-state index contributed by atoms with van der Waals surface area (Å²) >= 11 is 2.07. The number of aryl methyl sites for hydroxylation is 2. The average molecular weight is 1010 g/mol. The van der Waals surface area contributed by atoms with Crippen molar-refractivity contribution in [1.82, 2.24) is 18.7 Å². The first-order valence-electron chi connectivity index (χ1n) is 24.0. The zero-order valence-electron chi connectivity index (χ0n) is 39.9. The SMILES string of the molecule is [2H]C([2H])([2H])c1cc(-n2c3cc(Oc4cccc(-n5[c](=[Pt])n(C([2H])([2H])[2H])c6ccccc65)c4)ccc3c3cc4c(cc32)C2(c3ccccc3Oc3ccccc32)c2ccccc2-4)ncc1-c1ccccc1. The Labute approximate surface area is 388 Å². The van der Waals surface area contributed by atoms with Crippen LogP contribution in [0.5, 0.6) is 23.0 Å². The van der Waals surface area contributed by atoms with Gasteiger partial charge in [-0.2, -0.15) is 0 Å². The summed E-state index contributed by atoms with van der Waals surface area (Å²) in [7, 11) is 0. The van der Waals surface area contributed by atoms with Gasteiger partial charge in [-0.3, -0.25) is 0 Å². The zero-order valence-corrected chi connectivity index (χ0v) is 36.2. The molecule has 1 aliphatic heterocycles. The van der Waals surface area contributed by atoms with Crippen LogP contribution in [-0.2, 0) is 31.7 Å². The molecule has 0 saturated carbocycles. The van der Waals surface area contributed by atoms with E-state index < -0.39 is 19.2 Å². The van der Waals surface area contributed by atoms with E-state index >= 15 is 0 Å². The van der Waals surface area contributed by atoms with Gasteiger partial charge in [0.2, 0.25) is 0 Å². The summed E-state index contributed by atoms with van der Waals surface area (Å²) in [6.07, 6.45) is 1.67. The average Bonchev–Trinajstić information content (AvgIpc) is 3.96. The molecule has 13 rings (SSSR count). The van der Waals surface area contributed by atoms with Crippen LogP contribution in [0.25, 0.3) is 66.6 Å². The van der Waals surface area contributed by atoms with Crippen LogP contribution in [0.2, 0.25) is 0 Å². The Kier molecular flexibility index (Phi) is 6.85. The molecular weight excluding hydrogens is 968 g/mol. The monoisotopic (exact) mass is 1010 g/mol. The number of imidazole rings is 1. The molecule has 0 N–H and O–H groups in total. The molecule has 1 spiro atoms. The molecule has 6 nitrogen and oxygen atoms in total. The van der Waals surface area contributed by atoms with Gasteiger partial charge < -0.3 is 4.74 Å². The van der Waals surface area contributed by atoms with Crippen molar-refractivity contribution < 1.29 is 37.1 Å². The second-order valence-electron chi connectivity index (χ2n) is 16.3. The third-order valence-corrected chi connectivity index (χ3v) is 13.9. The molecule has 1 aliphatic carbocycles. The molecule has 3 aromatic heterocycles. The number of rotatable bonds is 5. The fraction of sp³-hybridized carbons (Fsp3) is 0.0526. The van der Waals surface area contributed by atoms with Gasteiger partial charge in [-0.1, -0.05) is 91.0 Å². The van der Waals surface area contributed by atoms with Gasteiger partial charge in [-0.05, 0) is 52.4 Å². The minimum absolute atomic E-state index is 0.187. The van der Waals surface area contributed by atoms with Gasteiger partial charge in [-0.25, -0.2) is 0 Å². The molecule has 11 aromatic rings. The summed E-state index contributed by atoms with van der Waals surface area (Å²) in [6.45, 7) is -4.86. The quantitative estimate of drug-likeness (QED) is 0.173. The molecule has 0 bridgehead atoms. The van der Waals surface area contributed by atoms with E-state index in [2.05, 4.69) is 90.7 Å². The molecular formula is C57H38N4O2Pt. The van der Waals surface area contributed by atoms with E-state index in [0.717, 1.165) is 83.5 Å². The van der Waals surface area contributed by atoms with Gasteiger partial charge >= 0.3 is 198 Å². The molecule has 8 aromatic carbocycles. The summed E-state index contributed by atoms with van der Waals surface area (Å²) in [5.74, 6) is 3.09. The number of hydrogen-bond acceptors (Lipinski definition) is 3. The number of ether oxygens (including phenoxy) is 2.